The molecule has 0 aromatic rings. The zero-order valence-corrected chi connectivity index (χ0v) is 6.31. The highest BCUT2D eigenvalue weighted by Crippen LogP contribution is 1.97. The molecule has 0 spiro atoms. The molecule has 0 radical (unpaired) electrons. The molecule has 0 amide bonds. The number of rotatable bonds is 3. The summed E-state index contributed by atoms with van der Waals surface area (Å²) in [6, 6.07) is 0.287. The van der Waals surface area contributed by atoms with Gasteiger partial charge < -0.3 is 10.3 Å². The third-order valence-electron chi connectivity index (χ3n) is 1.46. The zero-order valence-electron chi connectivity index (χ0n) is 6.31. The summed E-state index contributed by atoms with van der Waals surface area (Å²) in [5.74, 6) is 5.13. The smallest absolute Gasteiger partial charge is 0.0468 e. The molecular formula is C6H15N3. The van der Waals surface area contributed by atoms with Gasteiger partial charge in [0.15, 0.2) is 0 Å². The van der Waals surface area contributed by atoms with Gasteiger partial charge in [-0.15, -0.1) is 0 Å². The largest absolute Gasteiger partial charge is 0.327 e. The minimum atomic E-state index is 0.287. The molecule has 0 aromatic heterocycles. The van der Waals surface area contributed by atoms with E-state index in [1.807, 2.05) is 25.9 Å². The molecule has 0 aliphatic carbocycles. The van der Waals surface area contributed by atoms with Crippen molar-refractivity contribution < 1.29 is 0 Å². The predicted octanol–water partition coefficient (Wildman–Crippen LogP) is -0.0865. The summed E-state index contributed by atoms with van der Waals surface area (Å²) < 4.78 is 0. The third-order valence-corrected chi connectivity index (χ3v) is 1.46. The first-order valence-electron chi connectivity index (χ1n) is 2.91. The fraction of sp³-hybridized carbons (Fsp3) is 0.667. The van der Waals surface area contributed by atoms with Crippen molar-refractivity contribution in [1.82, 2.24) is 10.3 Å². The number of likely N-dealkylation sites (N-methyl/N-ethyl adjacent to an activating group) is 1. The van der Waals surface area contributed by atoms with Crippen molar-refractivity contribution in [2.45, 2.75) is 13.0 Å². The molecule has 0 saturated heterocycles. The lowest BCUT2D eigenvalue weighted by Crippen LogP contribution is -2.35. The van der Waals surface area contributed by atoms with E-state index in [4.69, 9.17) is 5.84 Å². The molecule has 0 bridgehead atoms. The lowest BCUT2D eigenvalue weighted by Gasteiger charge is -2.21. The predicted molar refractivity (Wildman–Crippen MR) is 39.6 cm³/mol. The van der Waals surface area contributed by atoms with E-state index < -0.39 is 0 Å². The molecule has 0 aliphatic rings. The standard InChI is InChI=1S/C6H15N3/c1-5(8-7)6(2)9(3)4/h6,8H,1,7H2,2-4H3/t6-/m0/s1. The third kappa shape index (κ3) is 2.49. The van der Waals surface area contributed by atoms with Crippen molar-refractivity contribution in [3.05, 3.63) is 12.3 Å². The van der Waals surface area contributed by atoms with E-state index in [0.717, 1.165) is 5.70 Å². The number of hydrogen-bond acceptors (Lipinski definition) is 3. The molecule has 0 saturated carbocycles. The lowest BCUT2D eigenvalue weighted by atomic mass is 10.2. The minimum Gasteiger partial charge on any atom is -0.327 e. The highest BCUT2D eigenvalue weighted by Gasteiger charge is 2.05. The van der Waals surface area contributed by atoms with E-state index in [9.17, 15) is 0 Å². The molecule has 0 heterocycles. The van der Waals surface area contributed by atoms with E-state index in [-0.39, 0.29) is 6.04 Å². The molecule has 54 valence electrons. The monoisotopic (exact) mass is 129 g/mol. The maximum absolute atomic E-state index is 5.13. The fourth-order valence-corrected chi connectivity index (χ4v) is 0.432. The van der Waals surface area contributed by atoms with E-state index in [0.29, 0.717) is 0 Å². The van der Waals surface area contributed by atoms with Crippen LogP contribution >= 0.6 is 0 Å². The quantitative estimate of drug-likeness (QED) is 0.413. The van der Waals surface area contributed by atoms with E-state index in [2.05, 4.69) is 12.0 Å². The highest BCUT2D eigenvalue weighted by molar-refractivity contribution is 4.98. The van der Waals surface area contributed by atoms with Crippen molar-refractivity contribution in [2.75, 3.05) is 14.1 Å². The van der Waals surface area contributed by atoms with Gasteiger partial charge in [-0.2, -0.15) is 0 Å². The normalized spacial score (nSPS) is 13.4. The fourth-order valence-electron chi connectivity index (χ4n) is 0.432. The first-order valence-corrected chi connectivity index (χ1v) is 2.91. The summed E-state index contributed by atoms with van der Waals surface area (Å²) >= 11 is 0. The van der Waals surface area contributed by atoms with Crippen LogP contribution < -0.4 is 11.3 Å². The van der Waals surface area contributed by atoms with Crippen LogP contribution in [0, 0.1) is 0 Å². The first kappa shape index (κ1) is 8.46. The van der Waals surface area contributed by atoms with Crippen LogP contribution in [0.2, 0.25) is 0 Å². The van der Waals surface area contributed by atoms with Crippen LogP contribution in [0.1, 0.15) is 6.92 Å². The molecule has 3 N–H and O–H groups in total. The van der Waals surface area contributed by atoms with Gasteiger partial charge in [0.05, 0.1) is 0 Å². The van der Waals surface area contributed by atoms with Crippen LogP contribution in [0.4, 0.5) is 0 Å². The Balaban J connectivity index is 3.72. The van der Waals surface area contributed by atoms with Gasteiger partial charge in [-0.1, -0.05) is 6.58 Å². The van der Waals surface area contributed by atoms with Gasteiger partial charge in [0, 0.05) is 11.7 Å². The van der Waals surface area contributed by atoms with Crippen LogP contribution in [0.25, 0.3) is 0 Å². The van der Waals surface area contributed by atoms with Gasteiger partial charge >= 0.3 is 0 Å². The summed E-state index contributed by atoms with van der Waals surface area (Å²) in [5, 5.41) is 0. The van der Waals surface area contributed by atoms with Crippen molar-refractivity contribution in [3.63, 3.8) is 0 Å². The number of nitrogens with one attached hydrogen (secondary N) is 1. The van der Waals surface area contributed by atoms with Gasteiger partial charge in [-0.05, 0) is 21.0 Å². The van der Waals surface area contributed by atoms with Crippen LogP contribution in [0.15, 0.2) is 12.3 Å². The van der Waals surface area contributed by atoms with Crippen LogP contribution in [-0.2, 0) is 0 Å². The first-order chi connectivity index (χ1) is 4.09. The maximum Gasteiger partial charge on any atom is 0.0468 e. The van der Waals surface area contributed by atoms with Crippen molar-refractivity contribution in [3.8, 4) is 0 Å². The molecule has 0 unspecified atom stereocenters. The molecule has 3 heteroatoms. The van der Waals surface area contributed by atoms with Gasteiger partial charge in [-0.25, -0.2) is 0 Å². The molecule has 1 atom stereocenters. The zero-order chi connectivity index (χ0) is 7.44. The van der Waals surface area contributed by atoms with Gasteiger partial charge in [0.2, 0.25) is 0 Å². The summed E-state index contributed by atoms with van der Waals surface area (Å²) in [6.07, 6.45) is 0. The maximum atomic E-state index is 5.13. The number of hydrazine groups is 1. The van der Waals surface area contributed by atoms with E-state index >= 15 is 0 Å². The Morgan fingerprint density at radius 1 is 1.67 bits per heavy atom. The molecule has 0 aromatic carbocycles. The molecule has 3 nitrogen and oxygen atoms in total. The Bertz CT molecular complexity index is 98.5. The van der Waals surface area contributed by atoms with Crippen molar-refractivity contribution in [2.24, 2.45) is 5.84 Å². The Kier molecular flexibility index (Phi) is 3.27. The topological polar surface area (TPSA) is 41.3 Å². The van der Waals surface area contributed by atoms with Crippen molar-refractivity contribution >= 4 is 0 Å². The van der Waals surface area contributed by atoms with Crippen LogP contribution in [0.5, 0.6) is 0 Å². The molecule has 0 fully saturated rings. The molecule has 0 aliphatic heterocycles. The second-order valence-electron chi connectivity index (χ2n) is 2.31. The molecule has 9 heavy (non-hydrogen) atoms. The summed E-state index contributed by atoms with van der Waals surface area (Å²) in [4.78, 5) is 2.03. The second kappa shape index (κ2) is 3.48. The Hall–Kier alpha value is -0.540. The Morgan fingerprint density at radius 2 is 2.11 bits per heavy atom. The number of hydrogen-bond donors (Lipinski definition) is 2. The average Bonchev–Trinajstić information content (AvgIpc) is 1.84. The number of nitrogens with zero attached hydrogens (tertiary/aromatic N) is 1. The van der Waals surface area contributed by atoms with Crippen LogP contribution in [0.3, 0.4) is 0 Å². The lowest BCUT2D eigenvalue weighted by molar-refractivity contribution is 0.339. The Labute approximate surface area is 56.5 Å². The molecule has 0 rings (SSSR count). The summed E-state index contributed by atoms with van der Waals surface area (Å²) in [6.45, 7) is 5.75. The SMILES string of the molecule is C=C(NN)[C@H](C)N(C)C. The van der Waals surface area contributed by atoms with E-state index in [1.165, 1.54) is 0 Å². The minimum absolute atomic E-state index is 0.287. The summed E-state index contributed by atoms with van der Waals surface area (Å²) in [7, 11) is 3.96. The Morgan fingerprint density at radius 3 is 2.22 bits per heavy atom. The number of nitrogens with two attached hydrogens (primary N) is 1. The molecular weight excluding hydrogens is 114 g/mol. The van der Waals surface area contributed by atoms with Gasteiger partial charge in [-0.3, -0.25) is 5.84 Å². The van der Waals surface area contributed by atoms with E-state index in [1.54, 1.807) is 0 Å². The van der Waals surface area contributed by atoms with Crippen molar-refractivity contribution in [1.29, 1.82) is 0 Å². The van der Waals surface area contributed by atoms with Crippen LogP contribution in [-0.4, -0.2) is 25.0 Å². The highest BCUT2D eigenvalue weighted by atomic mass is 15.2. The summed E-state index contributed by atoms with van der Waals surface area (Å²) in [5.41, 5.74) is 3.34. The second-order valence-corrected chi connectivity index (χ2v) is 2.31. The van der Waals surface area contributed by atoms with Gasteiger partial charge in [0.1, 0.15) is 0 Å². The average molecular weight is 129 g/mol. The van der Waals surface area contributed by atoms with Gasteiger partial charge in [0.25, 0.3) is 0 Å².